The standard InChI is InChI=1S/C17H23N3O5/c1-23-13-2-3-14-15(12-13)25-17(20(14)22)4-6-18-16(21)5-7-19-8-10-24-11-9-19/h2-3,12H,4-11H2,1H3,(H,18,21). The topological polar surface area (TPSA) is 90.9 Å². The van der Waals surface area contributed by atoms with Gasteiger partial charge in [-0.25, -0.2) is 0 Å². The lowest BCUT2D eigenvalue weighted by molar-refractivity contribution is -0.592. The minimum Gasteiger partial charge on any atom is -0.616 e. The molecule has 1 aromatic heterocycles. The van der Waals surface area contributed by atoms with Crippen LogP contribution in [0.25, 0.3) is 11.1 Å². The van der Waals surface area contributed by atoms with Crippen LogP contribution in [-0.4, -0.2) is 57.3 Å². The zero-order valence-corrected chi connectivity index (χ0v) is 14.3. The first-order valence-electron chi connectivity index (χ1n) is 8.43. The van der Waals surface area contributed by atoms with Crippen LogP contribution >= 0.6 is 0 Å². The molecule has 1 N–H and O–H groups in total. The summed E-state index contributed by atoms with van der Waals surface area (Å²) in [6, 6.07) is 5.05. The van der Waals surface area contributed by atoms with E-state index in [0.29, 0.717) is 36.2 Å². The molecule has 1 saturated heterocycles. The van der Waals surface area contributed by atoms with Crippen molar-refractivity contribution in [3.63, 3.8) is 0 Å². The first-order valence-corrected chi connectivity index (χ1v) is 8.43. The number of nitrogens with one attached hydrogen (secondary N) is 1. The van der Waals surface area contributed by atoms with Gasteiger partial charge in [-0.1, -0.05) is 0 Å². The molecule has 2 aromatic rings. The number of aromatic nitrogens is 1. The van der Waals surface area contributed by atoms with E-state index in [1.165, 1.54) is 0 Å². The summed E-state index contributed by atoms with van der Waals surface area (Å²) in [5.74, 6) is 0.878. The SMILES string of the molecule is COc1ccc2c(c1)oc(CCNC(=O)CCN1CCOCC1)[n+]2[O-]. The van der Waals surface area contributed by atoms with Crippen molar-refractivity contribution in [2.75, 3.05) is 46.5 Å². The molecule has 0 radical (unpaired) electrons. The van der Waals surface area contributed by atoms with Crippen LogP contribution in [0, 0.1) is 5.21 Å². The number of fused-ring (bicyclic) bond motifs is 1. The summed E-state index contributed by atoms with van der Waals surface area (Å²) < 4.78 is 16.7. The van der Waals surface area contributed by atoms with Crippen LogP contribution < -0.4 is 14.8 Å². The fraction of sp³-hybridized carbons (Fsp3) is 0.529. The number of methoxy groups -OCH3 is 1. The van der Waals surface area contributed by atoms with Gasteiger partial charge in [0.05, 0.1) is 26.7 Å². The molecule has 0 atom stereocenters. The molecule has 2 heterocycles. The quantitative estimate of drug-likeness (QED) is 0.577. The predicted octanol–water partition coefficient (Wildman–Crippen LogP) is 0.456. The Kier molecular flexibility index (Phi) is 5.72. The van der Waals surface area contributed by atoms with Crippen molar-refractivity contribution in [3.05, 3.63) is 29.3 Å². The Labute approximate surface area is 145 Å². The molecule has 1 fully saturated rings. The second kappa shape index (κ2) is 8.17. The molecular weight excluding hydrogens is 326 g/mol. The number of carbonyl (C=O) groups excluding carboxylic acids is 1. The van der Waals surface area contributed by atoms with Crippen molar-refractivity contribution in [1.29, 1.82) is 0 Å². The average molecular weight is 349 g/mol. The summed E-state index contributed by atoms with van der Waals surface area (Å²) in [5.41, 5.74) is 0.928. The Balaban J connectivity index is 1.47. The number of hydrogen-bond acceptors (Lipinski definition) is 6. The van der Waals surface area contributed by atoms with Crippen LogP contribution in [-0.2, 0) is 16.0 Å². The van der Waals surface area contributed by atoms with Gasteiger partial charge in [-0.15, -0.1) is 4.73 Å². The molecule has 0 saturated carbocycles. The molecule has 1 amide bonds. The summed E-state index contributed by atoms with van der Waals surface area (Å²) in [5, 5.41) is 15.0. The zero-order chi connectivity index (χ0) is 17.6. The molecular formula is C17H23N3O5. The van der Waals surface area contributed by atoms with Gasteiger partial charge in [0.2, 0.25) is 11.5 Å². The van der Waals surface area contributed by atoms with Crippen molar-refractivity contribution in [2.45, 2.75) is 12.8 Å². The lowest BCUT2D eigenvalue weighted by atomic mass is 10.3. The van der Waals surface area contributed by atoms with Gasteiger partial charge in [-0.3, -0.25) is 9.69 Å². The third-order valence-corrected chi connectivity index (χ3v) is 4.26. The molecule has 0 spiro atoms. The number of oxazole rings is 1. The predicted molar refractivity (Wildman–Crippen MR) is 90.3 cm³/mol. The lowest BCUT2D eigenvalue weighted by Crippen LogP contribution is -2.39. The largest absolute Gasteiger partial charge is 0.616 e. The number of ether oxygens (including phenoxy) is 2. The minimum absolute atomic E-state index is 0.0262. The van der Waals surface area contributed by atoms with E-state index in [4.69, 9.17) is 13.9 Å². The maximum Gasteiger partial charge on any atom is 0.361 e. The average Bonchev–Trinajstić information content (AvgIpc) is 2.96. The molecule has 0 unspecified atom stereocenters. The lowest BCUT2D eigenvalue weighted by Gasteiger charge is -2.26. The maximum absolute atomic E-state index is 12.2. The van der Waals surface area contributed by atoms with E-state index in [2.05, 4.69) is 10.2 Å². The van der Waals surface area contributed by atoms with Crippen LogP contribution in [0.3, 0.4) is 0 Å². The summed E-state index contributed by atoms with van der Waals surface area (Å²) in [6.45, 7) is 4.27. The van der Waals surface area contributed by atoms with Gasteiger partial charge in [0.15, 0.2) is 0 Å². The maximum atomic E-state index is 12.2. The van der Waals surface area contributed by atoms with Gasteiger partial charge in [0, 0.05) is 44.7 Å². The fourth-order valence-electron chi connectivity index (χ4n) is 2.81. The zero-order valence-electron chi connectivity index (χ0n) is 14.3. The second-order valence-electron chi connectivity index (χ2n) is 5.93. The molecule has 0 aliphatic carbocycles. The van der Waals surface area contributed by atoms with Crippen LogP contribution in [0.4, 0.5) is 0 Å². The summed E-state index contributed by atoms with van der Waals surface area (Å²) in [4.78, 5) is 14.1. The van der Waals surface area contributed by atoms with Crippen LogP contribution in [0.2, 0.25) is 0 Å². The molecule has 136 valence electrons. The van der Waals surface area contributed by atoms with Gasteiger partial charge in [-0.05, 0) is 6.07 Å². The highest BCUT2D eigenvalue weighted by atomic mass is 16.5. The van der Waals surface area contributed by atoms with Gasteiger partial charge in [0.25, 0.3) is 5.52 Å². The van der Waals surface area contributed by atoms with Crippen LogP contribution in [0.15, 0.2) is 22.6 Å². The number of rotatable bonds is 7. The van der Waals surface area contributed by atoms with Crippen molar-refractivity contribution < 1.29 is 23.4 Å². The van der Waals surface area contributed by atoms with E-state index in [0.717, 1.165) is 37.6 Å². The summed E-state index contributed by atoms with van der Waals surface area (Å²) in [6.07, 6.45) is 0.776. The van der Waals surface area contributed by atoms with Gasteiger partial charge in [0.1, 0.15) is 5.75 Å². The van der Waals surface area contributed by atoms with Gasteiger partial charge < -0.3 is 24.4 Å². The van der Waals surface area contributed by atoms with E-state index in [1.54, 1.807) is 25.3 Å². The van der Waals surface area contributed by atoms with Gasteiger partial charge >= 0.3 is 5.89 Å². The summed E-state index contributed by atoms with van der Waals surface area (Å²) in [7, 11) is 1.56. The molecule has 3 rings (SSSR count). The Morgan fingerprint density at radius 3 is 2.96 bits per heavy atom. The van der Waals surface area contributed by atoms with Gasteiger partial charge in [-0.2, -0.15) is 0 Å². The molecule has 1 aliphatic heterocycles. The van der Waals surface area contributed by atoms with E-state index in [1.807, 2.05) is 0 Å². The van der Waals surface area contributed by atoms with E-state index in [9.17, 15) is 10.0 Å². The number of hydrogen-bond donors (Lipinski definition) is 1. The fourth-order valence-corrected chi connectivity index (χ4v) is 2.81. The first kappa shape index (κ1) is 17.5. The monoisotopic (exact) mass is 349 g/mol. The van der Waals surface area contributed by atoms with Crippen molar-refractivity contribution in [3.8, 4) is 5.75 Å². The molecule has 8 heteroatoms. The minimum atomic E-state index is -0.0262. The molecule has 1 aliphatic rings. The van der Waals surface area contributed by atoms with Crippen molar-refractivity contribution in [1.82, 2.24) is 10.2 Å². The first-order chi connectivity index (χ1) is 12.2. The third kappa shape index (κ3) is 4.40. The number of carbonyl (C=O) groups is 1. The number of morpholine rings is 1. The number of nitrogens with zero attached hydrogens (tertiary/aromatic N) is 2. The molecule has 0 bridgehead atoms. The highest BCUT2D eigenvalue weighted by Gasteiger charge is 2.18. The Bertz CT molecular complexity index is 724. The second-order valence-corrected chi connectivity index (χ2v) is 5.93. The normalized spacial score (nSPS) is 15.4. The van der Waals surface area contributed by atoms with Crippen LogP contribution in [0.1, 0.15) is 12.3 Å². The Morgan fingerprint density at radius 2 is 2.20 bits per heavy atom. The Hall–Kier alpha value is -2.32. The number of benzene rings is 1. The van der Waals surface area contributed by atoms with Crippen molar-refractivity contribution >= 4 is 17.0 Å². The smallest absolute Gasteiger partial charge is 0.361 e. The third-order valence-electron chi connectivity index (χ3n) is 4.26. The number of amides is 1. The summed E-state index contributed by atoms with van der Waals surface area (Å²) >= 11 is 0. The highest BCUT2D eigenvalue weighted by molar-refractivity contribution is 5.76. The van der Waals surface area contributed by atoms with E-state index in [-0.39, 0.29) is 11.8 Å². The van der Waals surface area contributed by atoms with E-state index >= 15 is 0 Å². The van der Waals surface area contributed by atoms with Crippen LogP contribution in [0.5, 0.6) is 5.75 Å². The molecule has 1 aromatic carbocycles. The molecule has 8 nitrogen and oxygen atoms in total. The van der Waals surface area contributed by atoms with E-state index < -0.39 is 0 Å². The Morgan fingerprint density at radius 1 is 1.40 bits per heavy atom. The highest BCUT2D eigenvalue weighted by Crippen LogP contribution is 2.20. The molecule has 25 heavy (non-hydrogen) atoms. The van der Waals surface area contributed by atoms with Crippen molar-refractivity contribution in [2.24, 2.45) is 0 Å².